The number of primary amides is 1. The second-order valence-corrected chi connectivity index (χ2v) is 6.90. The van der Waals surface area contributed by atoms with Crippen LogP contribution < -0.4 is 5.73 Å². The van der Waals surface area contributed by atoms with Crippen molar-refractivity contribution in [3.05, 3.63) is 58.9 Å². The summed E-state index contributed by atoms with van der Waals surface area (Å²) in [6.45, 7) is 0. The van der Waals surface area contributed by atoms with E-state index in [2.05, 4.69) is 15.0 Å². The minimum atomic E-state index is -4.50. The van der Waals surface area contributed by atoms with E-state index in [1.807, 2.05) is 5.38 Å². The highest BCUT2D eigenvalue weighted by Crippen LogP contribution is 2.30. The summed E-state index contributed by atoms with van der Waals surface area (Å²) in [5.74, 6) is -0.161. The first-order valence-electron chi connectivity index (χ1n) is 7.20. The van der Waals surface area contributed by atoms with Crippen LogP contribution in [0, 0.1) is 0 Å². The van der Waals surface area contributed by atoms with E-state index in [4.69, 9.17) is 5.73 Å². The van der Waals surface area contributed by atoms with Gasteiger partial charge in [-0.25, -0.2) is 15.0 Å². The van der Waals surface area contributed by atoms with Crippen LogP contribution in [0.4, 0.5) is 13.2 Å². The van der Waals surface area contributed by atoms with Crippen LogP contribution in [-0.2, 0) is 11.9 Å². The first-order chi connectivity index (χ1) is 12.3. The molecule has 0 aliphatic carbocycles. The van der Waals surface area contributed by atoms with Crippen LogP contribution in [0.1, 0.15) is 21.7 Å². The lowest BCUT2D eigenvalue weighted by Crippen LogP contribution is -2.10. The quantitative estimate of drug-likeness (QED) is 0.521. The van der Waals surface area contributed by atoms with E-state index in [1.54, 1.807) is 24.3 Å². The number of carbonyl (C=O) groups is 1. The van der Waals surface area contributed by atoms with Gasteiger partial charge in [-0.2, -0.15) is 13.2 Å². The molecule has 5 nitrogen and oxygen atoms in total. The summed E-state index contributed by atoms with van der Waals surface area (Å²) in [7, 11) is 0. The second-order valence-electron chi connectivity index (χ2n) is 5.10. The van der Waals surface area contributed by atoms with Crippen LogP contribution >= 0.6 is 23.1 Å². The number of benzene rings is 1. The molecule has 10 heteroatoms. The highest BCUT2D eigenvalue weighted by molar-refractivity contribution is 7.98. The van der Waals surface area contributed by atoms with E-state index in [-0.39, 0.29) is 5.16 Å². The molecule has 0 unspecified atom stereocenters. The molecular formula is C16H11F3N4OS2. The molecule has 2 aromatic heterocycles. The highest BCUT2D eigenvalue weighted by Gasteiger charge is 2.32. The number of thioether (sulfide) groups is 1. The molecule has 26 heavy (non-hydrogen) atoms. The van der Waals surface area contributed by atoms with Crippen LogP contribution in [0.3, 0.4) is 0 Å². The standard InChI is InChI=1S/C16H11F3N4OS2/c17-16(18,19)12-5-6-21-15(23-12)26-8-11-7-25-14(22-11)10-3-1-9(2-4-10)13(20)24/h1-7H,8H2,(H2,20,24). The lowest BCUT2D eigenvalue weighted by molar-refractivity contribution is -0.141. The maximum atomic E-state index is 12.7. The van der Waals surface area contributed by atoms with Crippen molar-refractivity contribution in [1.82, 2.24) is 15.0 Å². The van der Waals surface area contributed by atoms with Gasteiger partial charge in [0.15, 0.2) is 5.16 Å². The van der Waals surface area contributed by atoms with E-state index >= 15 is 0 Å². The van der Waals surface area contributed by atoms with Crippen molar-refractivity contribution in [1.29, 1.82) is 0 Å². The second kappa shape index (κ2) is 7.42. The van der Waals surface area contributed by atoms with Gasteiger partial charge in [0.1, 0.15) is 10.7 Å². The molecule has 3 rings (SSSR count). The molecule has 0 bridgehead atoms. The first kappa shape index (κ1) is 18.3. The maximum Gasteiger partial charge on any atom is 0.433 e. The smallest absolute Gasteiger partial charge is 0.366 e. The molecule has 1 amide bonds. The molecule has 0 fully saturated rings. The number of amides is 1. The minimum Gasteiger partial charge on any atom is -0.366 e. The van der Waals surface area contributed by atoms with Crippen molar-refractivity contribution in [2.75, 3.05) is 0 Å². The van der Waals surface area contributed by atoms with Crippen molar-refractivity contribution in [2.45, 2.75) is 17.1 Å². The lowest BCUT2D eigenvalue weighted by atomic mass is 10.1. The Hall–Kier alpha value is -2.46. The van der Waals surface area contributed by atoms with Crippen molar-refractivity contribution < 1.29 is 18.0 Å². The molecular weight excluding hydrogens is 385 g/mol. The Balaban J connectivity index is 1.68. The summed E-state index contributed by atoms with van der Waals surface area (Å²) in [6.07, 6.45) is -3.41. The molecule has 0 saturated carbocycles. The number of nitrogens with zero attached hydrogens (tertiary/aromatic N) is 3. The number of aromatic nitrogens is 3. The number of nitrogens with two attached hydrogens (primary N) is 1. The predicted octanol–water partition coefficient (Wildman–Crippen LogP) is 4.01. The van der Waals surface area contributed by atoms with Crippen molar-refractivity contribution in [2.24, 2.45) is 5.73 Å². The molecule has 0 aliphatic heterocycles. The zero-order valence-electron chi connectivity index (χ0n) is 13.0. The number of carbonyl (C=O) groups excluding carboxylic acids is 1. The van der Waals surface area contributed by atoms with Crippen LogP contribution in [0.15, 0.2) is 47.1 Å². The largest absolute Gasteiger partial charge is 0.433 e. The minimum absolute atomic E-state index is 0.0418. The Bertz CT molecular complexity index is 926. The molecule has 0 radical (unpaired) electrons. The van der Waals surface area contributed by atoms with Gasteiger partial charge >= 0.3 is 6.18 Å². The number of hydrogen-bond donors (Lipinski definition) is 1. The average molecular weight is 396 g/mol. The SMILES string of the molecule is NC(=O)c1ccc(-c2nc(CSc3nccc(C(F)(F)F)n3)cs2)cc1. The van der Waals surface area contributed by atoms with Crippen molar-refractivity contribution in [3.63, 3.8) is 0 Å². The number of rotatable bonds is 5. The van der Waals surface area contributed by atoms with E-state index < -0.39 is 17.8 Å². The van der Waals surface area contributed by atoms with Crippen molar-refractivity contribution >= 4 is 29.0 Å². The van der Waals surface area contributed by atoms with Crippen LogP contribution in [0.5, 0.6) is 0 Å². The fourth-order valence-electron chi connectivity index (χ4n) is 1.99. The summed E-state index contributed by atoms with van der Waals surface area (Å²) in [4.78, 5) is 22.9. The number of thiazole rings is 1. The first-order valence-corrected chi connectivity index (χ1v) is 9.07. The van der Waals surface area contributed by atoms with Gasteiger partial charge in [0, 0.05) is 28.5 Å². The Kier molecular flexibility index (Phi) is 5.23. The number of alkyl halides is 3. The maximum absolute atomic E-state index is 12.7. The Morgan fingerprint density at radius 2 is 1.88 bits per heavy atom. The molecule has 134 valence electrons. The van der Waals surface area contributed by atoms with Gasteiger partial charge in [0.05, 0.1) is 5.69 Å². The summed E-state index contributed by atoms with van der Waals surface area (Å²) in [5.41, 5.74) is 6.17. The van der Waals surface area contributed by atoms with Gasteiger partial charge in [-0.1, -0.05) is 23.9 Å². The Morgan fingerprint density at radius 3 is 2.54 bits per heavy atom. The number of hydrogen-bond acceptors (Lipinski definition) is 6. The Morgan fingerprint density at radius 1 is 1.15 bits per heavy atom. The van der Waals surface area contributed by atoms with Gasteiger partial charge in [-0.05, 0) is 18.2 Å². The molecule has 2 heterocycles. The number of halogens is 3. The molecule has 1 aromatic carbocycles. The average Bonchev–Trinajstić information content (AvgIpc) is 3.08. The van der Waals surface area contributed by atoms with Crippen molar-refractivity contribution in [3.8, 4) is 10.6 Å². The van der Waals surface area contributed by atoms with Crippen LogP contribution in [0.25, 0.3) is 10.6 Å². The molecule has 0 saturated heterocycles. The monoisotopic (exact) mass is 396 g/mol. The zero-order chi connectivity index (χ0) is 18.7. The van der Waals surface area contributed by atoms with Crippen LogP contribution in [-0.4, -0.2) is 20.9 Å². The van der Waals surface area contributed by atoms with Gasteiger partial charge in [-0.3, -0.25) is 4.79 Å². The summed E-state index contributed by atoms with van der Waals surface area (Å²) in [6, 6.07) is 7.55. The van der Waals surface area contributed by atoms with E-state index in [0.29, 0.717) is 17.0 Å². The molecule has 2 N–H and O–H groups in total. The molecule has 3 aromatic rings. The third-order valence-electron chi connectivity index (χ3n) is 3.24. The fraction of sp³-hybridized carbons (Fsp3) is 0.125. The van der Waals surface area contributed by atoms with E-state index in [0.717, 1.165) is 34.6 Å². The fourth-order valence-corrected chi connectivity index (χ4v) is 3.64. The molecule has 0 spiro atoms. The normalized spacial score (nSPS) is 11.5. The van der Waals surface area contributed by atoms with Gasteiger partial charge < -0.3 is 5.73 Å². The Labute approximate surface area is 154 Å². The van der Waals surface area contributed by atoms with Crippen LogP contribution in [0.2, 0.25) is 0 Å². The summed E-state index contributed by atoms with van der Waals surface area (Å²) in [5, 5.41) is 2.60. The zero-order valence-corrected chi connectivity index (χ0v) is 14.7. The van der Waals surface area contributed by atoms with Gasteiger partial charge in [0.25, 0.3) is 0 Å². The van der Waals surface area contributed by atoms with E-state index in [9.17, 15) is 18.0 Å². The third-order valence-corrected chi connectivity index (χ3v) is 5.08. The highest BCUT2D eigenvalue weighted by atomic mass is 32.2. The summed E-state index contributed by atoms with van der Waals surface area (Å²) < 4.78 is 38.0. The summed E-state index contributed by atoms with van der Waals surface area (Å²) >= 11 is 2.48. The topological polar surface area (TPSA) is 81.8 Å². The van der Waals surface area contributed by atoms with Gasteiger partial charge in [0.2, 0.25) is 5.91 Å². The van der Waals surface area contributed by atoms with E-state index in [1.165, 1.54) is 11.3 Å². The third kappa shape index (κ3) is 4.38. The predicted molar refractivity (Wildman–Crippen MR) is 92.7 cm³/mol. The lowest BCUT2D eigenvalue weighted by Gasteiger charge is -2.06. The molecule has 0 atom stereocenters. The van der Waals surface area contributed by atoms with Gasteiger partial charge in [-0.15, -0.1) is 11.3 Å². The molecule has 0 aliphatic rings.